The van der Waals surface area contributed by atoms with Crippen molar-refractivity contribution in [2.45, 2.75) is 25.2 Å². The fourth-order valence-electron chi connectivity index (χ4n) is 0.739. The number of halogens is 4. The highest BCUT2D eigenvalue weighted by Gasteiger charge is 2.65. The van der Waals surface area contributed by atoms with Crippen molar-refractivity contribution in [3.8, 4) is 0 Å². The number of alkyl halides is 4. The number of ether oxygens (including phenoxy) is 4. The van der Waals surface area contributed by atoms with Crippen molar-refractivity contribution in [3.63, 3.8) is 0 Å². The average molecular weight is 262 g/mol. The molecule has 98 valence electrons. The van der Waals surface area contributed by atoms with Gasteiger partial charge in [-0.05, 0) is 0 Å². The highest BCUT2D eigenvalue weighted by atomic mass is 19.3. The molecule has 2 atom stereocenters. The van der Waals surface area contributed by atoms with Gasteiger partial charge in [-0.1, -0.05) is 0 Å². The first kappa shape index (κ1) is 13.3. The third kappa shape index (κ3) is 3.11. The molecular weight excluding hydrogens is 256 g/mol. The molecular formula is C7H6F4O6. The summed E-state index contributed by atoms with van der Waals surface area (Å²) in [5.41, 5.74) is 0. The van der Waals surface area contributed by atoms with E-state index in [1.165, 1.54) is 0 Å². The van der Waals surface area contributed by atoms with Gasteiger partial charge in [0.05, 0.1) is 0 Å². The van der Waals surface area contributed by atoms with E-state index < -0.39 is 30.6 Å². The first-order chi connectivity index (χ1) is 7.64. The zero-order chi connectivity index (χ0) is 13.3. The van der Waals surface area contributed by atoms with Gasteiger partial charge >= 0.3 is 24.3 Å². The number of hydrogen-bond donors (Lipinski definition) is 0. The number of carbonyl (C=O) groups is 2. The molecule has 2 saturated heterocycles. The number of carbonyl (C=O) groups excluding carboxylic acids is 2. The van der Waals surface area contributed by atoms with Gasteiger partial charge in [-0.25, -0.2) is 9.59 Å². The lowest BCUT2D eigenvalue weighted by Crippen LogP contribution is -2.37. The predicted molar refractivity (Wildman–Crippen MR) is 39.4 cm³/mol. The van der Waals surface area contributed by atoms with Gasteiger partial charge in [-0.15, -0.1) is 0 Å². The van der Waals surface area contributed by atoms with Crippen molar-refractivity contribution in [2.24, 2.45) is 0 Å². The van der Waals surface area contributed by atoms with Crippen molar-refractivity contribution in [1.29, 1.82) is 0 Å². The van der Waals surface area contributed by atoms with Gasteiger partial charge in [0, 0.05) is 6.92 Å². The Morgan fingerprint density at radius 1 is 1.18 bits per heavy atom. The van der Waals surface area contributed by atoms with E-state index in [0.717, 1.165) is 0 Å². The highest BCUT2D eigenvalue weighted by Crippen LogP contribution is 2.40. The van der Waals surface area contributed by atoms with Crippen LogP contribution in [0.5, 0.6) is 0 Å². The van der Waals surface area contributed by atoms with E-state index >= 15 is 0 Å². The van der Waals surface area contributed by atoms with Gasteiger partial charge in [0.15, 0.2) is 6.61 Å². The zero-order valence-electron chi connectivity index (χ0n) is 8.25. The molecule has 2 aliphatic heterocycles. The Morgan fingerprint density at radius 2 is 1.76 bits per heavy atom. The van der Waals surface area contributed by atoms with Crippen molar-refractivity contribution < 1.29 is 46.1 Å². The number of hydrogen-bond acceptors (Lipinski definition) is 6. The van der Waals surface area contributed by atoms with E-state index in [-0.39, 0.29) is 6.61 Å². The van der Waals surface area contributed by atoms with Crippen LogP contribution in [0.3, 0.4) is 0 Å². The molecule has 0 saturated carbocycles. The maximum Gasteiger partial charge on any atom is 0.516 e. The minimum absolute atomic E-state index is 0.265. The SMILES string of the molecule is CC1(F)OC(=O)OC1(F)F.O=C1OCC(F)O1. The van der Waals surface area contributed by atoms with E-state index in [1.54, 1.807) is 0 Å². The Hall–Kier alpha value is -1.74. The van der Waals surface area contributed by atoms with Crippen LogP contribution in [-0.4, -0.2) is 37.2 Å². The first-order valence-corrected chi connectivity index (χ1v) is 4.10. The van der Waals surface area contributed by atoms with Crippen LogP contribution >= 0.6 is 0 Å². The van der Waals surface area contributed by atoms with E-state index in [2.05, 4.69) is 18.9 Å². The Morgan fingerprint density at radius 3 is 1.88 bits per heavy atom. The maximum absolute atomic E-state index is 12.3. The van der Waals surface area contributed by atoms with Crippen molar-refractivity contribution >= 4 is 12.3 Å². The molecule has 0 aromatic heterocycles. The van der Waals surface area contributed by atoms with Crippen molar-refractivity contribution in [3.05, 3.63) is 0 Å². The van der Waals surface area contributed by atoms with Gasteiger partial charge in [-0.3, -0.25) is 0 Å². The van der Waals surface area contributed by atoms with E-state index in [1.807, 2.05) is 0 Å². The van der Waals surface area contributed by atoms with Crippen molar-refractivity contribution in [2.75, 3.05) is 6.61 Å². The molecule has 2 rings (SSSR count). The van der Waals surface area contributed by atoms with Gasteiger partial charge < -0.3 is 18.9 Å². The molecule has 0 spiro atoms. The molecule has 2 unspecified atom stereocenters. The van der Waals surface area contributed by atoms with Crippen LogP contribution in [0.1, 0.15) is 6.92 Å². The summed E-state index contributed by atoms with van der Waals surface area (Å²) < 4.78 is 62.5. The predicted octanol–water partition coefficient (Wildman–Crippen LogP) is 1.88. The van der Waals surface area contributed by atoms with Crippen LogP contribution in [0, 0.1) is 0 Å². The number of rotatable bonds is 0. The molecule has 0 aromatic rings. The van der Waals surface area contributed by atoms with Crippen LogP contribution in [0.25, 0.3) is 0 Å². The lowest BCUT2D eigenvalue weighted by Gasteiger charge is -2.14. The van der Waals surface area contributed by atoms with Crippen LogP contribution in [-0.2, 0) is 18.9 Å². The van der Waals surface area contributed by atoms with Crippen LogP contribution < -0.4 is 0 Å². The molecule has 0 aliphatic carbocycles. The first-order valence-electron chi connectivity index (χ1n) is 4.10. The number of cyclic esters (lactones) is 4. The summed E-state index contributed by atoms with van der Waals surface area (Å²) in [5, 5.41) is 0. The molecule has 2 heterocycles. The summed E-state index contributed by atoms with van der Waals surface area (Å²) in [7, 11) is 0. The zero-order valence-corrected chi connectivity index (χ0v) is 8.25. The van der Waals surface area contributed by atoms with Crippen LogP contribution in [0.4, 0.5) is 27.2 Å². The summed E-state index contributed by atoms with van der Waals surface area (Å²) in [5.74, 6) is -3.34. The van der Waals surface area contributed by atoms with E-state index in [4.69, 9.17) is 0 Å². The molecule has 10 heteroatoms. The lowest BCUT2D eigenvalue weighted by molar-refractivity contribution is -0.279. The fraction of sp³-hybridized carbons (Fsp3) is 0.714. The highest BCUT2D eigenvalue weighted by molar-refractivity contribution is 5.63. The minimum atomic E-state index is -4.18. The van der Waals surface area contributed by atoms with Crippen LogP contribution in [0.15, 0.2) is 0 Å². The summed E-state index contributed by atoms with van der Waals surface area (Å²) in [4.78, 5) is 19.7. The Balaban J connectivity index is 0.000000181. The molecule has 0 aromatic carbocycles. The summed E-state index contributed by atoms with van der Waals surface area (Å²) in [6, 6.07) is 0. The fourth-order valence-corrected chi connectivity index (χ4v) is 0.739. The summed E-state index contributed by atoms with van der Waals surface area (Å²) in [6.07, 6.45) is -8.35. The second-order valence-electron chi connectivity index (χ2n) is 2.98. The second-order valence-corrected chi connectivity index (χ2v) is 2.98. The smallest absolute Gasteiger partial charge is 0.427 e. The maximum atomic E-state index is 12.3. The molecule has 2 aliphatic rings. The Kier molecular flexibility index (Phi) is 3.34. The molecule has 0 bridgehead atoms. The van der Waals surface area contributed by atoms with E-state index in [0.29, 0.717) is 6.92 Å². The topological polar surface area (TPSA) is 71.1 Å². The van der Waals surface area contributed by atoms with Crippen LogP contribution in [0.2, 0.25) is 0 Å². The second kappa shape index (κ2) is 4.26. The Labute approximate surface area is 91.4 Å². The third-order valence-electron chi connectivity index (χ3n) is 1.56. The average Bonchev–Trinajstić information content (AvgIpc) is 2.55. The quantitative estimate of drug-likeness (QED) is 0.490. The standard InChI is InChI=1S/C4H3F3O3.C3H3FO3/c1-3(5)4(6,7)10-2(8)9-3;4-2-1-6-3(5)7-2/h1H3;2H,1H2. The van der Waals surface area contributed by atoms with Gasteiger partial charge in [0.2, 0.25) is 0 Å². The molecule has 0 radical (unpaired) electrons. The summed E-state index contributed by atoms with van der Waals surface area (Å²) in [6.45, 7) is 0.150. The molecule has 0 amide bonds. The molecule has 17 heavy (non-hydrogen) atoms. The van der Waals surface area contributed by atoms with Gasteiger partial charge in [0.1, 0.15) is 0 Å². The minimum Gasteiger partial charge on any atom is -0.427 e. The Bertz CT molecular complexity index is 312. The monoisotopic (exact) mass is 262 g/mol. The molecule has 0 N–H and O–H groups in total. The molecule has 6 nitrogen and oxygen atoms in total. The van der Waals surface area contributed by atoms with Gasteiger partial charge in [0.25, 0.3) is 6.36 Å². The van der Waals surface area contributed by atoms with Crippen molar-refractivity contribution in [1.82, 2.24) is 0 Å². The third-order valence-corrected chi connectivity index (χ3v) is 1.56. The summed E-state index contributed by atoms with van der Waals surface area (Å²) >= 11 is 0. The van der Waals surface area contributed by atoms with Gasteiger partial charge in [-0.2, -0.15) is 17.6 Å². The lowest BCUT2D eigenvalue weighted by atomic mass is 10.3. The normalized spacial score (nSPS) is 33.8. The largest absolute Gasteiger partial charge is 0.516 e. The van der Waals surface area contributed by atoms with E-state index in [9.17, 15) is 27.2 Å². The molecule has 2 fully saturated rings.